The van der Waals surface area contributed by atoms with Crippen LogP contribution in [0.3, 0.4) is 0 Å². The lowest BCUT2D eigenvalue weighted by molar-refractivity contribution is 0.156. The fraction of sp³-hybridized carbons (Fsp3) is 1.00. The molecule has 0 aromatic carbocycles. The van der Waals surface area contributed by atoms with Gasteiger partial charge in [0.25, 0.3) is 0 Å². The van der Waals surface area contributed by atoms with Gasteiger partial charge in [-0.3, -0.25) is 0 Å². The van der Waals surface area contributed by atoms with E-state index in [1.807, 2.05) is 11.8 Å². The van der Waals surface area contributed by atoms with Crippen molar-refractivity contribution in [1.29, 1.82) is 0 Å². The minimum atomic E-state index is 0.534. The largest absolute Gasteiger partial charge is 0.383 e. The second kappa shape index (κ2) is 11.7. The molecule has 0 aliphatic rings. The fourth-order valence-corrected chi connectivity index (χ4v) is 2.57. The molecule has 1 N–H and O–H groups in total. The van der Waals surface area contributed by atoms with Crippen molar-refractivity contribution in [3.05, 3.63) is 0 Å². The van der Waals surface area contributed by atoms with Crippen LogP contribution in [0.4, 0.5) is 0 Å². The van der Waals surface area contributed by atoms with E-state index in [0.717, 1.165) is 6.61 Å². The van der Waals surface area contributed by atoms with Crippen LogP contribution in [0.25, 0.3) is 0 Å². The Bertz CT molecular complexity index is 144. The van der Waals surface area contributed by atoms with Gasteiger partial charge < -0.3 is 10.1 Å². The number of unbranched alkanes of at least 4 members (excludes halogenated alkanes) is 1. The van der Waals surface area contributed by atoms with Crippen LogP contribution in [0.2, 0.25) is 0 Å². The molecule has 2 unspecified atom stereocenters. The molecule has 0 bridgehead atoms. The predicted molar refractivity (Wildman–Crippen MR) is 75.4 cm³/mol. The van der Waals surface area contributed by atoms with Crippen LogP contribution >= 0.6 is 11.8 Å². The Morgan fingerprint density at radius 3 is 2.56 bits per heavy atom. The van der Waals surface area contributed by atoms with E-state index >= 15 is 0 Å². The summed E-state index contributed by atoms with van der Waals surface area (Å²) >= 11 is 2.02. The molecule has 0 aliphatic heterocycles. The van der Waals surface area contributed by atoms with E-state index in [1.54, 1.807) is 7.11 Å². The van der Waals surface area contributed by atoms with Gasteiger partial charge in [-0.1, -0.05) is 26.7 Å². The van der Waals surface area contributed by atoms with E-state index in [9.17, 15) is 0 Å². The summed E-state index contributed by atoms with van der Waals surface area (Å²) in [7, 11) is 1.79. The Balaban J connectivity index is 3.68. The van der Waals surface area contributed by atoms with E-state index in [1.165, 1.54) is 37.2 Å². The fourth-order valence-electron chi connectivity index (χ4n) is 1.76. The Labute approximate surface area is 106 Å². The monoisotopic (exact) mass is 247 g/mol. The molecule has 0 aromatic rings. The first-order valence-corrected chi connectivity index (χ1v) is 7.72. The number of ether oxygens (including phenoxy) is 1. The molecule has 0 radical (unpaired) electrons. The predicted octanol–water partition coefficient (Wildman–Crippen LogP) is 3.31. The quantitative estimate of drug-likeness (QED) is 0.566. The van der Waals surface area contributed by atoms with Crippen molar-refractivity contribution in [3.8, 4) is 0 Å². The Morgan fingerprint density at radius 2 is 2.00 bits per heavy atom. The normalized spacial score (nSPS) is 15.0. The molecule has 16 heavy (non-hydrogen) atoms. The second-order valence-corrected chi connectivity index (χ2v) is 5.74. The number of rotatable bonds is 11. The van der Waals surface area contributed by atoms with Gasteiger partial charge in [0.1, 0.15) is 0 Å². The van der Waals surface area contributed by atoms with E-state index in [2.05, 4.69) is 26.1 Å². The van der Waals surface area contributed by atoms with Gasteiger partial charge >= 0.3 is 0 Å². The van der Waals surface area contributed by atoms with E-state index in [0.29, 0.717) is 12.1 Å². The third kappa shape index (κ3) is 9.49. The molecule has 2 nitrogen and oxygen atoms in total. The van der Waals surface area contributed by atoms with Crippen molar-refractivity contribution in [2.24, 2.45) is 0 Å². The molecular formula is C13H29NOS. The van der Waals surface area contributed by atoms with Crippen LogP contribution in [-0.4, -0.2) is 37.3 Å². The second-order valence-electron chi connectivity index (χ2n) is 4.35. The van der Waals surface area contributed by atoms with Gasteiger partial charge in [-0.05, 0) is 31.3 Å². The molecule has 0 amide bonds. The first kappa shape index (κ1) is 16.3. The first-order valence-electron chi connectivity index (χ1n) is 6.57. The summed E-state index contributed by atoms with van der Waals surface area (Å²) in [5.74, 6) is 2.49. The van der Waals surface area contributed by atoms with Crippen LogP contribution in [0.1, 0.15) is 46.5 Å². The number of methoxy groups -OCH3 is 1. The highest BCUT2D eigenvalue weighted by Gasteiger charge is 2.11. The third-order valence-corrected chi connectivity index (χ3v) is 3.63. The average molecular weight is 247 g/mol. The van der Waals surface area contributed by atoms with E-state index < -0.39 is 0 Å². The minimum absolute atomic E-state index is 0.534. The third-order valence-electron chi connectivity index (χ3n) is 2.69. The maximum atomic E-state index is 5.26. The minimum Gasteiger partial charge on any atom is -0.383 e. The van der Waals surface area contributed by atoms with Gasteiger partial charge in [-0.15, -0.1) is 0 Å². The highest BCUT2D eigenvalue weighted by molar-refractivity contribution is 7.99. The summed E-state index contributed by atoms with van der Waals surface area (Å²) in [5.41, 5.74) is 0. The zero-order chi connectivity index (χ0) is 12.2. The summed E-state index contributed by atoms with van der Waals surface area (Å²) in [5, 5.41) is 3.67. The average Bonchev–Trinajstić information content (AvgIpc) is 2.26. The van der Waals surface area contributed by atoms with Gasteiger partial charge in [-0.2, -0.15) is 11.8 Å². The molecule has 0 aliphatic carbocycles. The summed E-state index contributed by atoms with van der Waals surface area (Å²) in [6.45, 7) is 7.58. The van der Waals surface area contributed by atoms with Gasteiger partial charge in [0, 0.05) is 19.2 Å². The molecule has 0 aromatic heterocycles. The van der Waals surface area contributed by atoms with Crippen LogP contribution in [0.5, 0.6) is 0 Å². The topological polar surface area (TPSA) is 21.3 Å². The van der Waals surface area contributed by atoms with Gasteiger partial charge in [-0.25, -0.2) is 0 Å². The summed E-state index contributed by atoms with van der Waals surface area (Å²) in [4.78, 5) is 0. The number of nitrogens with one attached hydrogen (secondary N) is 1. The van der Waals surface area contributed by atoms with Crippen LogP contribution < -0.4 is 5.32 Å². The SMILES string of the molecule is CCCCC(COC)NC(C)CCSCC. The van der Waals surface area contributed by atoms with Crippen molar-refractivity contribution in [2.45, 2.75) is 58.5 Å². The molecule has 0 rings (SSSR count). The number of hydrogen-bond donors (Lipinski definition) is 1. The Kier molecular flexibility index (Phi) is 11.9. The Hall–Kier alpha value is 0.270. The lowest BCUT2D eigenvalue weighted by Gasteiger charge is -2.22. The van der Waals surface area contributed by atoms with Gasteiger partial charge in [0.15, 0.2) is 0 Å². The summed E-state index contributed by atoms with van der Waals surface area (Å²) in [6.07, 6.45) is 5.04. The molecule has 2 atom stereocenters. The highest BCUT2D eigenvalue weighted by Crippen LogP contribution is 2.07. The van der Waals surface area contributed by atoms with Crippen LogP contribution in [-0.2, 0) is 4.74 Å². The molecule has 0 saturated carbocycles. The maximum absolute atomic E-state index is 5.26. The molecule has 3 heteroatoms. The van der Waals surface area contributed by atoms with Crippen LogP contribution in [0, 0.1) is 0 Å². The van der Waals surface area contributed by atoms with Crippen molar-refractivity contribution >= 4 is 11.8 Å². The highest BCUT2D eigenvalue weighted by atomic mass is 32.2. The first-order chi connectivity index (χ1) is 7.74. The number of thioether (sulfide) groups is 1. The zero-order valence-corrected chi connectivity index (χ0v) is 12.2. The lowest BCUT2D eigenvalue weighted by Crippen LogP contribution is -2.39. The zero-order valence-electron chi connectivity index (χ0n) is 11.4. The summed E-state index contributed by atoms with van der Waals surface area (Å²) < 4.78 is 5.26. The Morgan fingerprint density at radius 1 is 1.25 bits per heavy atom. The molecule has 0 heterocycles. The van der Waals surface area contributed by atoms with Crippen molar-refractivity contribution in [3.63, 3.8) is 0 Å². The summed E-state index contributed by atoms with van der Waals surface area (Å²) in [6, 6.07) is 1.14. The maximum Gasteiger partial charge on any atom is 0.0615 e. The van der Waals surface area contributed by atoms with Crippen molar-refractivity contribution < 1.29 is 4.74 Å². The van der Waals surface area contributed by atoms with Crippen molar-refractivity contribution in [2.75, 3.05) is 25.2 Å². The standard InChI is InChI=1S/C13H29NOS/c1-5-7-8-13(11-15-4)14-12(3)9-10-16-6-2/h12-14H,5-11H2,1-4H3. The smallest absolute Gasteiger partial charge is 0.0615 e. The molecule has 0 fully saturated rings. The lowest BCUT2D eigenvalue weighted by atomic mass is 10.1. The van der Waals surface area contributed by atoms with E-state index in [4.69, 9.17) is 4.74 Å². The molecular weight excluding hydrogens is 218 g/mol. The van der Waals surface area contributed by atoms with E-state index in [-0.39, 0.29) is 0 Å². The molecule has 0 saturated heterocycles. The van der Waals surface area contributed by atoms with Crippen molar-refractivity contribution in [1.82, 2.24) is 5.32 Å². The van der Waals surface area contributed by atoms with Gasteiger partial charge in [0.05, 0.1) is 6.61 Å². The number of hydrogen-bond acceptors (Lipinski definition) is 3. The van der Waals surface area contributed by atoms with Crippen LogP contribution in [0.15, 0.2) is 0 Å². The van der Waals surface area contributed by atoms with Gasteiger partial charge in [0.2, 0.25) is 0 Å². The molecule has 98 valence electrons. The molecule has 0 spiro atoms.